The minimum atomic E-state index is 0.520. The monoisotopic (exact) mass is 249 g/mol. The smallest absolute Gasteiger partial charge is 0.244 e. The largest absolute Gasteiger partial charge is 0.378 e. The van der Waals surface area contributed by atoms with E-state index < -0.39 is 0 Å². The van der Waals surface area contributed by atoms with Crippen LogP contribution >= 0.6 is 0 Å². The van der Waals surface area contributed by atoms with E-state index in [0.717, 1.165) is 32.1 Å². The Morgan fingerprint density at radius 2 is 2.00 bits per heavy atom. The molecular formula is C12H19N5O. The predicted octanol–water partition coefficient (Wildman–Crippen LogP) is 1.06. The van der Waals surface area contributed by atoms with Crippen LogP contribution in [0.15, 0.2) is 6.20 Å². The molecule has 6 nitrogen and oxygen atoms in total. The summed E-state index contributed by atoms with van der Waals surface area (Å²) < 4.78 is 5.34. The van der Waals surface area contributed by atoms with Crippen molar-refractivity contribution in [2.24, 2.45) is 0 Å². The Bertz CT molecular complexity index is 388. The Balaban J connectivity index is 1.67. The van der Waals surface area contributed by atoms with Crippen molar-refractivity contribution < 1.29 is 4.74 Å². The fourth-order valence-corrected chi connectivity index (χ4v) is 2.55. The fraction of sp³-hybridized carbons (Fsp3) is 0.750. The van der Waals surface area contributed by atoms with Crippen molar-refractivity contribution in [3.05, 3.63) is 6.20 Å². The molecule has 2 fully saturated rings. The molecule has 18 heavy (non-hydrogen) atoms. The second kappa shape index (κ2) is 5.48. The summed E-state index contributed by atoms with van der Waals surface area (Å²) in [4.78, 5) is 6.74. The predicted molar refractivity (Wildman–Crippen MR) is 68.7 cm³/mol. The van der Waals surface area contributed by atoms with E-state index >= 15 is 0 Å². The Morgan fingerprint density at radius 3 is 2.78 bits per heavy atom. The van der Waals surface area contributed by atoms with Gasteiger partial charge in [-0.1, -0.05) is 12.8 Å². The first kappa shape index (κ1) is 11.6. The molecule has 1 saturated heterocycles. The number of hydrogen-bond acceptors (Lipinski definition) is 6. The molecule has 1 aliphatic carbocycles. The molecular weight excluding hydrogens is 230 g/mol. The second-order valence-electron chi connectivity index (χ2n) is 4.86. The normalized spacial score (nSPS) is 21.2. The number of rotatable bonds is 3. The van der Waals surface area contributed by atoms with Gasteiger partial charge in [-0.25, -0.2) is 0 Å². The highest BCUT2D eigenvalue weighted by Crippen LogP contribution is 2.21. The van der Waals surface area contributed by atoms with Crippen LogP contribution in [-0.2, 0) is 4.74 Å². The highest BCUT2D eigenvalue weighted by molar-refractivity contribution is 5.40. The van der Waals surface area contributed by atoms with Crippen LogP contribution in [0.5, 0.6) is 0 Å². The molecule has 0 atom stereocenters. The molecule has 0 spiro atoms. The lowest BCUT2D eigenvalue weighted by molar-refractivity contribution is 0.122. The molecule has 2 aliphatic rings. The molecule has 1 aromatic rings. The first-order valence-electron chi connectivity index (χ1n) is 6.71. The lowest BCUT2D eigenvalue weighted by atomic mass is 10.3. The third-order valence-electron chi connectivity index (χ3n) is 3.57. The summed E-state index contributed by atoms with van der Waals surface area (Å²) in [6.45, 7) is 3.27. The summed E-state index contributed by atoms with van der Waals surface area (Å²) >= 11 is 0. The van der Waals surface area contributed by atoms with Crippen LogP contribution in [0.25, 0.3) is 0 Å². The van der Waals surface area contributed by atoms with Crippen molar-refractivity contribution >= 4 is 11.8 Å². The molecule has 1 aromatic heterocycles. The van der Waals surface area contributed by atoms with Crippen LogP contribution in [0, 0.1) is 0 Å². The minimum Gasteiger partial charge on any atom is -0.378 e. The third kappa shape index (κ3) is 2.69. The van der Waals surface area contributed by atoms with Gasteiger partial charge in [0.25, 0.3) is 0 Å². The van der Waals surface area contributed by atoms with Crippen molar-refractivity contribution in [2.45, 2.75) is 31.7 Å². The molecule has 98 valence electrons. The van der Waals surface area contributed by atoms with E-state index in [2.05, 4.69) is 25.4 Å². The number of morpholine rings is 1. The zero-order valence-corrected chi connectivity index (χ0v) is 10.5. The Kier molecular flexibility index (Phi) is 3.54. The van der Waals surface area contributed by atoms with E-state index in [1.54, 1.807) is 6.20 Å². The van der Waals surface area contributed by atoms with Crippen LogP contribution in [0.1, 0.15) is 25.7 Å². The Hall–Kier alpha value is -1.43. The highest BCUT2D eigenvalue weighted by Gasteiger charge is 2.17. The van der Waals surface area contributed by atoms with E-state index in [-0.39, 0.29) is 0 Å². The molecule has 2 heterocycles. The average molecular weight is 249 g/mol. The summed E-state index contributed by atoms with van der Waals surface area (Å²) in [6.07, 6.45) is 6.75. The maximum absolute atomic E-state index is 5.34. The van der Waals surface area contributed by atoms with Gasteiger partial charge in [-0.3, -0.25) is 0 Å². The second-order valence-corrected chi connectivity index (χ2v) is 4.86. The van der Waals surface area contributed by atoms with Crippen LogP contribution in [0.3, 0.4) is 0 Å². The number of nitrogens with zero attached hydrogens (tertiary/aromatic N) is 4. The van der Waals surface area contributed by atoms with E-state index in [9.17, 15) is 0 Å². The SMILES string of the molecule is c1nnc(NC2CCCC2)nc1N1CCOCC1. The topological polar surface area (TPSA) is 63.2 Å². The number of nitrogens with one attached hydrogen (secondary N) is 1. The summed E-state index contributed by atoms with van der Waals surface area (Å²) in [5.74, 6) is 1.56. The van der Waals surface area contributed by atoms with Gasteiger partial charge in [0.2, 0.25) is 5.95 Å². The Labute approximate surface area is 107 Å². The van der Waals surface area contributed by atoms with Gasteiger partial charge < -0.3 is 15.0 Å². The molecule has 3 rings (SSSR count). The van der Waals surface area contributed by atoms with Crippen molar-refractivity contribution in [2.75, 3.05) is 36.5 Å². The van der Waals surface area contributed by atoms with Crippen molar-refractivity contribution in [1.29, 1.82) is 0 Å². The molecule has 0 unspecified atom stereocenters. The van der Waals surface area contributed by atoms with Gasteiger partial charge in [0.05, 0.1) is 19.4 Å². The van der Waals surface area contributed by atoms with Gasteiger partial charge in [0, 0.05) is 19.1 Å². The number of aromatic nitrogens is 3. The summed E-state index contributed by atoms with van der Waals surface area (Å²) in [6, 6.07) is 0.520. The van der Waals surface area contributed by atoms with Crippen molar-refractivity contribution in [3.8, 4) is 0 Å². The first-order chi connectivity index (χ1) is 8.92. The highest BCUT2D eigenvalue weighted by atomic mass is 16.5. The molecule has 1 N–H and O–H groups in total. The molecule has 1 saturated carbocycles. The Morgan fingerprint density at radius 1 is 1.22 bits per heavy atom. The molecule has 6 heteroatoms. The van der Waals surface area contributed by atoms with Crippen LogP contribution in [-0.4, -0.2) is 47.5 Å². The number of ether oxygens (including phenoxy) is 1. The zero-order chi connectivity index (χ0) is 12.2. The van der Waals surface area contributed by atoms with Crippen molar-refractivity contribution in [3.63, 3.8) is 0 Å². The van der Waals surface area contributed by atoms with Gasteiger partial charge >= 0.3 is 0 Å². The molecule has 0 bridgehead atoms. The van der Waals surface area contributed by atoms with E-state index in [1.165, 1.54) is 25.7 Å². The fourth-order valence-electron chi connectivity index (χ4n) is 2.55. The molecule has 0 aromatic carbocycles. The lowest BCUT2D eigenvalue weighted by Crippen LogP contribution is -2.37. The maximum atomic E-state index is 5.34. The molecule has 0 radical (unpaired) electrons. The van der Waals surface area contributed by atoms with Crippen LogP contribution in [0.4, 0.5) is 11.8 Å². The van der Waals surface area contributed by atoms with Gasteiger partial charge in [0.1, 0.15) is 0 Å². The number of hydrogen-bond donors (Lipinski definition) is 1. The van der Waals surface area contributed by atoms with Crippen molar-refractivity contribution in [1.82, 2.24) is 15.2 Å². The lowest BCUT2D eigenvalue weighted by Gasteiger charge is -2.27. The van der Waals surface area contributed by atoms with Gasteiger partial charge in [-0.2, -0.15) is 10.1 Å². The van der Waals surface area contributed by atoms with E-state index in [1.807, 2.05) is 0 Å². The number of anilines is 2. The van der Waals surface area contributed by atoms with Crippen LogP contribution < -0.4 is 10.2 Å². The molecule has 1 aliphatic heterocycles. The van der Waals surface area contributed by atoms with Gasteiger partial charge in [-0.05, 0) is 12.8 Å². The van der Waals surface area contributed by atoms with E-state index in [0.29, 0.717) is 12.0 Å². The summed E-state index contributed by atoms with van der Waals surface area (Å²) in [5.41, 5.74) is 0. The maximum Gasteiger partial charge on any atom is 0.244 e. The average Bonchev–Trinajstić information content (AvgIpc) is 2.93. The molecule has 0 amide bonds. The van der Waals surface area contributed by atoms with Gasteiger partial charge in [0.15, 0.2) is 5.82 Å². The summed E-state index contributed by atoms with van der Waals surface area (Å²) in [5, 5.41) is 11.5. The quantitative estimate of drug-likeness (QED) is 0.864. The first-order valence-corrected chi connectivity index (χ1v) is 6.71. The van der Waals surface area contributed by atoms with Crippen LogP contribution in [0.2, 0.25) is 0 Å². The standard InChI is InChI=1S/C12H19N5O/c1-2-4-10(3-1)14-12-15-11(9-13-16-12)17-5-7-18-8-6-17/h9-10H,1-8H2,(H,14,15,16). The third-order valence-corrected chi connectivity index (χ3v) is 3.57. The van der Waals surface area contributed by atoms with Gasteiger partial charge in [-0.15, -0.1) is 5.10 Å². The minimum absolute atomic E-state index is 0.520. The van der Waals surface area contributed by atoms with E-state index in [4.69, 9.17) is 4.74 Å². The zero-order valence-electron chi connectivity index (χ0n) is 10.5. The summed E-state index contributed by atoms with van der Waals surface area (Å²) in [7, 11) is 0.